The molecule has 1 saturated heterocycles. The van der Waals surface area contributed by atoms with E-state index in [-0.39, 0.29) is 6.09 Å². The number of aromatic nitrogens is 2. The third-order valence-electron chi connectivity index (χ3n) is 4.74. The minimum atomic E-state index is -0.468. The summed E-state index contributed by atoms with van der Waals surface area (Å²) in [4.78, 5) is 19.1. The van der Waals surface area contributed by atoms with Gasteiger partial charge in [0.05, 0.1) is 5.69 Å². The van der Waals surface area contributed by atoms with Crippen molar-refractivity contribution in [3.63, 3.8) is 0 Å². The predicted molar refractivity (Wildman–Crippen MR) is 102 cm³/mol. The van der Waals surface area contributed by atoms with Gasteiger partial charge in [-0.3, -0.25) is 4.90 Å². The molecule has 26 heavy (non-hydrogen) atoms. The van der Waals surface area contributed by atoms with Gasteiger partial charge in [-0.2, -0.15) is 0 Å². The quantitative estimate of drug-likeness (QED) is 0.908. The normalized spacial score (nSPS) is 18.8. The van der Waals surface area contributed by atoms with Crippen molar-refractivity contribution >= 4 is 11.7 Å². The number of ether oxygens (including phenoxy) is 1. The fourth-order valence-corrected chi connectivity index (χ4v) is 3.50. The van der Waals surface area contributed by atoms with Gasteiger partial charge in [0.2, 0.25) is 0 Å². The Kier molecular flexibility index (Phi) is 5.51. The summed E-state index contributed by atoms with van der Waals surface area (Å²) in [6.07, 6.45) is 5.25. The van der Waals surface area contributed by atoms with Gasteiger partial charge in [0, 0.05) is 31.0 Å². The molecule has 3 rings (SSSR count). The van der Waals surface area contributed by atoms with Crippen LogP contribution in [-0.2, 0) is 11.3 Å². The van der Waals surface area contributed by atoms with Crippen LogP contribution in [0, 0.1) is 6.92 Å². The molecule has 3 heterocycles. The van der Waals surface area contributed by atoms with Crippen LogP contribution in [0.5, 0.6) is 0 Å². The Balaban J connectivity index is 1.63. The van der Waals surface area contributed by atoms with Crippen molar-refractivity contribution in [2.45, 2.75) is 65.1 Å². The van der Waals surface area contributed by atoms with E-state index in [2.05, 4.69) is 33.8 Å². The fourth-order valence-electron chi connectivity index (χ4n) is 3.50. The summed E-state index contributed by atoms with van der Waals surface area (Å²) in [6.45, 7) is 10.2. The molecule has 1 aliphatic heterocycles. The molecule has 0 saturated carbocycles. The minimum absolute atomic E-state index is 0.321. The second kappa shape index (κ2) is 7.66. The fraction of sp³-hybridized carbons (Fsp3) is 0.600. The van der Waals surface area contributed by atoms with Crippen LogP contribution in [0.2, 0.25) is 0 Å². The van der Waals surface area contributed by atoms with Gasteiger partial charge in [-0.15, -0.1) is 0 Å². The van der Waals surface area contributed by atoms with Crippen LogP contribution in [0.4, 0.5) is 4.79 Å². The molecule has 1 N–H and O–H groups in total. The zero-order chi connectivity index (χ0) is 18.7. The lowest BCUT2D eigenvalue weighted by atomic mass is 10.0. The Hall–Kier alpha value is -2.08. The summed E-state index contributed by atoms with van der Waals surface area (Å²) in [6, 6.07) is 6.49. The van der Waals surface area contributed by atoms with E-state index in [9.17, 15) is 4.79 Å². The standard InChI is InChI=1S/C20H30N4O2/c1-15-8-7-10-18-22-16(14-24(15)18)13-23-11-6-5-9-17(23)12-21-19(25)26-20(2,3)4/h7-8,10,14,17H,5-6,9,11-13H2,1-4H3,(H,21,25). The van der Waals surface area contributed by atoms with Crippen molar-refractivity contribution in [1.82, 2.24) is 19.6 Å². The molecule has 0 aliphatic carbocycles. The summed E-state index contributed by atoms with van der Waals surface area (Å²) < 4.78 is 7.48. The second-order valence-corrected chi connectivity index (χ2v) is 8.13. The highest BCUT2D eigenvalue weighted by molar-refractivity contribution is 5.67. The summed E-state index contributed by atoms with van der Waals surface area (Å²) in [5, 5.41) is 2.93. The maximum atomic E-state index is 12.0. The molecular formula is C20H30N4O2. The monoisotopic (exact) mass is 358 g/mol. The van der Waals surface area contributed by atoms with Gasteiger partial charge in [-0.25, -0.2) is 9.78 Å². The molecule has 0 aromatic carbocycles. The molecule has 0 spiro atoms. The minimum Gasteiger partial charge on any atom is -0.444 e. The van der Waals surface area contributed by atoms with Crippen LogP contribution in [0.15, 0.2) is 24.4 Å². The van der Waals surface area contributed by atoms with Crippen LogP contribution >= 0.6 is 0 Å². The van der Waals surface area contributed by atoms with Gasteiger partial charge < -0.3 is 14.5 Å². The van der Waals surface area contributed by atoms with Crippen molar-refractivity contribution < 1.29 is 9.53 Å². The van der Waals surface area contributed by atoms with Crippen LogP contribution in [0.3, 0.4) is 0 Å². The number of aryl methyl sites for hydroxylation is 1. The maximum absolute atomic E-state index is 12.0. The Morgan fingerprint density at radius 3 is 2.88 bits per heavy atom. The average molecular weight is 358 g/mol. The lowest BCUT2D eigenvalue weighted by Crippen LogP contribution is -2.47. The summed E-state index contributed by atoms with van der Waals surface area (Å²) in [5.74, 6) is 0. The molecule has 1 atom stereocenters. The highest BCUT2D eigenvalue weighted by atomic mass is 16.6. The van der Waals surface area contributed by atoms with Crippen molar-refractivity contribution in [2.75, 3.05) is 13.1 Å². The first kappa shape index (κ1) is 18.7. The topological polar surface area (TPSA) is 58.9 Å². The van der Waals surface area contributed by atoms with Crippen molar-refractivity contribution in [3.05, 3.63) is 35.8 Å². The van der Waals surface area contributed by atoms with Gasteiger partial charge in [-0.05, 0) is 59.2 Å². The number of carbonyl (C=O) groups is 1. The van der Waals surface area contributed by atoms with E-state index in [1.165, 1.54) is 18.5 Å². The van der Waals surface area contributed by atoms with E-state index in [0.717, 1.165) is 30.9 Å². The van der Waals surface area contributed by atoms with E-state index >= 15 is 0 Å². The number of nitrogens with zero attached hydrogens (tertiary/aromatic N) is 3. The number of rotatable bonds is 4. The lowest BCUT2D eigenvalue weighted by Gasteiger charge is -2.35. The number of likely N-dealkylation sites (tertiary alicyclic amines) is 1. The molecule has 1 unspecified atom stereocenters. The first-order chi connectivity index (χ1) is 12.3. The first-order valence-electron chi connectivity index (χ1n) is 9.46. The average Bonchev–Trinajstić information content (AvgIpc) is 2.96. The summed E-state index contributed by atoms with van der Waals surface area (Å²) in [5.41, 5.74) is 2.78. The number of fused-ring (bicyclic) bond motifs is 1. The number of pyridine rings is 1. The smallest absolute Gasteiger partial charge is 0.407 e. The number of imidazole rings is 1. The predicted octanol–water partition coefficient (Wildman–Crippen LogP) is 3.52. The number of amides is 1. The van der Waals surface area contributed by atoms with Crippen molar-refractivity contribution in [3.8, 4) is 0 Å². The summed E-state index contributed by atoms with van der Waals surface area (Å²) >= 11 is 0. The van der Waals surface area contributed by atoms with Gasteiger partial charge in [0.1, 0.15) is 11.2 Å². The highest BCUT2D eigenvalue weighted by Gasteiger charge is 2.25. The third-order valence-corrected chi connectivity index (χ3v) is 4.74. The Morgan fingerprint density at radius 1 is 1.35 bits per heavy atom. The third kappa shape index (κ3) is 4.75. The van der Waals surface area contributed by atoms with E-state index in [1.54, 1.807) is 0 Å². The van der Waals surface area contributed by atoms with Gasteiger partial charge >= 0.3 is 6.09 Å². The molecular weight excluding hydrogens is 328 g/mol. The van der Waals surface area contributed by atoms with Crippen LogP contribution < -0.4 is 5.32 Å². The molecule has 0 bridgehead atoms. The zero-order valence-corrected chi connectivity index (χ0v) is 16.3. The van der Waals surface area contributed by atoms with Gasteiger partial charge in [0.25, 0.3) is 0 Å². The molecule has 142 valence electrons. The Labute approximate surface area is 155 Å². The first-order valence-corrected chi connectivity index (χ1v) is 9.46. The number of carbonyl (C=O) groups excluding carboxylic acids is 1. The van der Waals surface area contributed by atoms with E-state index in [0.29, 0.717) is 12.6 Å². The molecule has 0 radical (unpaired) electrons. The molecule has 6 nitrogen and oxygen atoms in total. The highest BCUT2D eigenvalue weighted by Crippen LogP contribution is 2.20. The van der Waals surface area contributed by atoms with Crippen LogP contribution in [0.25, 0.3) is 5.65 Å². The second-order valence-electron chi connectivity index (χ2n) is 8.13. The Morgan fingerprint density at radius 2 is 2.15 bits per heavy atom. The van der Waals surface area contributed by atoms with Crippen LogP contribution in [-0.4, -0.2) is 45.1 Å². The van der Waals surface area contributed by atoms with Crippen molar-refractivity contribution in [1.29, 1.82) is 0 Å². The number of hydrogen-bond donors (Lipinski definition) is 1. The molecule has 1 fully saturated rings. The van der Waals surface area contributed by atoms with Crippen LogP contribution in [0.1, 0.15) is 51.4 Å². The zero-order valence-electron chi connectivity index (χ0n) is 16.3. The number of alkyl carbamates (subject to hydrolysis) is 1. The van der Waals surface area contributed by atoms with E-state index in [4.69, 9.17) is 9.72 Å². The number of piperidine rings is 1. The summed E-state index contributed by atoms with van der Waals surface area (Å²) in [7, 11) is 0. The van der Waals surface area contributed by atoms with E-state index in [1.807, 2.05) is 32.9 Å². The SMILES string of the molecule is Cc1cccc2nc(CN3CCCCC3CNC(=O)OC(C)(C)C)cn12. The molecule has 1 aliphatic rings. The number of nitrogens with one attached hydrogen (secondary N) is 1. The molecule has 2 aromatic rings. The van der Waals surface area contributed by atoms with Gasteiger partial charge in [-0.1, -0.05) is 12.5 Å². The lowest BCUT2D eigenvalue weighted by molar-refractivity contribution is 0.0491. The molecule has 1 amide bonds. The Bertz CT molecular complexity index is 763. The maximum Gasteiger partial charge on any atom is 0.407 e. The van der Waals surface area contributed by atoms with Gasteiger partial charge in [0.15, 0.2) is 0 Å². The molecule has 2 aromatic heterocycles. The van der Waals surface area contributed by atoms with Crippen molar-refractivity contribution in [2.24, 2.45) is 0 Å². The molecule has 6 heteroatoms. The largest absolute Gasteiger partial charge is 0.444 e. The number of hydrogen-bond acceptors (Lipinski definition) is 4. The van der Waals surface area contributed by atoms with E-state index < -0.39 is 5.60 Å².